The predicted molar refractivity (Wildman–Crippen MR) is 78.9 cm³/mol. The van der Waals surface area contributed by atoms with E-state index in [0.717, 1.165) is 9.21 Å². The van der Waals surface area contributed by atoms with Crippen molar-refractivity contribution in [1.82, 2.24) is 0 Å². The number of hydrogen-bond donors (Lipinski definition) is 2. The van der Waals surface area contributed by atoms with Crippen LogP contribution in [0.2, 0.25) is 4.34 Å². The third-order valence-corrected chi connectivity index (χ3v) is 3.78. The van der Waals surface area contributed by atoms with Crippen LogP contribution in [-0.2, 0) is 6.54 Å². The van der Waals surface area contributed by atoms with Crippen molar-refractivity contribution in [3.63, 3.8) is 0 Å². The van der Waals surface area contributed by atoms with E-state index < -0.39 is 5.82 Å². The summed E-state index contributed by atoms with van der Waals surface area (Å²) in [6, 6.07) is 8.43. The normalized spacial score (nSPS) is 10.3. The average Bonchev–Trinajstić information content (AvgIpc) is 2.72. The van der Waals surface area contributed by atoms with Crippen molar-refractivity contribution in [2.45, 2.75) is 6.54 Å². The van der Waals surface area contributed by atoms with Gasteiger partial charge in [-0.05, 0) is 24.3 Å². The van der Waals surface area contributed by atoms with Gasteiger partial charge in [0.25, 0.3) is 0 Å². The number of hydrogen-bond acceptors (Lipinski definition) is 3. The van der Waals surface area contributed by atoms with Gasteiger partial charge < -0.3 is 11.1 Å². The van der Waals surface area contributed by atoms with E-state index in [0.29, 0.717) is 12.2 Å². The van der Waals surface area contributed by atoms with Gasteiger partial charge in [-0.2, -0.15) is 0 Å². The van der Waals surface area contributed by atoms with Crippen LogP contribution in [0.4, 0.5) is 10.1 Å². The molecule has 0 bridgehead atoms. The second kappa shape index (κ2) is 5.65. The fourth-order valence-electron chi connectivity index (χ4n) is 1.55. The lowest BCUT2D eigenvalue weighted by molar-refractivity contribution is 0.626. The molecule has 1 aromatic heterocycles. The second-order valence-electron chi connectivity index (χ2n) is 3.59. The summed E-state index contributed by atoms with van der Waals surface area (Å²) in [6.07, 6.45) is 0. The highest BCUT2D eigenvalue weighted by atomic mass is 35.5. The van der Waals surface area contributed by atoms with Gasteiger partial charge in [-0.1, -0.05) is 29.9 Å². The molecule has 1 heterocycles. The molecule has 6 heteroatoms. The van der Waals surface area contributed by atoms with Crippen molar-refractivity contribution < 1.29 is 4.39 Å². The molecule has 0 saturated carbocycles. The van der Waals surface area contributed by atoms with Crippen molar-refractivity contribution in [3.8, 4) is 0 Å². The molecule has 0 radical (unpaired) electrons. The first-order valence-corrected chi connectivity index (χ1v) is 6.74. The highest BCUT2D eigenvalue weighted by Crippen LogP contribution is 2.24. The summed E-state index contributed by atoms with van der Waals surface area (Å²) in [5.41, 5.74) is 6.36. The van der Waals surface area contributed by atoms with Crippen molar-refractivity contribution in [3.05, 3.63) is 50.9 Å². The Hall–Kier alpha value is -1.17. The molecule has 0 unspecified atom stereocenters. The van der Waals surface area contributed by atoms with Crippen LogP contribution in [0.15, 0.2) is 30.3 Å². The molecule has 2 nitrogen and oxygen atoms in total. The molecule has 0 saturated heterocycles. The first kappa shape index (κ1) is 13.3. The molecule has 1 aromatic carbocycles. The van der Waals surface area contributed by atoms with Crippen molar-refractivity contribution >= 4 is 45.8 Å². The average molecular weight is 301 g/mol. The Kier molecular flexibility index (Phi) is 4.16. The zero-order chi connectivity index (χ0) is 13.1. The maximum atomic E-state index is 13.6. The van der Waals surface area contributed by atoms with Crippen LogP contribution in [0.3, 0.4) is 0 Å². The van der Waals surface area contributed by atoms with Crippen molar-refractivity contribution in [2.75, 3.05) is 5.32 Å². The van der Waals surface area contributed by atoms with E-state index in [9.17, 15) is 4.39 Å². The number of nitrogens with two attached hydrogens (primary N) is 1. The Labute approximate surface area is 119 Å². The minimum atomic E-state index is -0.420. The van der Waals surface area contributed by atoms with Gasteiger partial charge in [0.2, 0.25) is 0 Å². The third kappa shape index (κ3) is 2.98. The minimum absolute atomic E-state index is 0.0415. The smallest absolute Gasteiger partial charge is 0.135 e. The lowest BCUT2D eigenvalue weighted by Crippen LogP contribution is -2.15. The maximum absolute atomic E-state index is 13.6. The number of thiophene rings is 1. The summed E-state index contributed by atoms with van der Waals surface area (Å²) in [4.78, 5) is 1.10. The number of benzene rings is 1. The molecule has 0 amide bonds. The van der Waals surface area contributed by atoms with Gasteiger partial charge in [0.1, 0.15) is 10.8 Å². The molecule has 0 atom stereocenters. The van der Waals surface area contributed by atoms with Crippen LogP contribution >= 0.6 is 35.2 Å². The predicted octanol–water partition coefficient (Wildman–Crippen LogP) is 3.79. The summed E-state index contributed by atoms with van der Waals surface area (Å²) in [6.45, 7) is 0.552. The van der Waals surface area contributed by atoms with Crippen LogP contribution in [0.5, 0.6) is 0 Å². The third-order valence-electron chi connectivity index (χ3n) is 2.34. The van der Waals surface area contributed by atoms with Gasteiger partial charge in [0.15, 0.2) is 0 Å². The minimum Gasteiger partial charge on any atom is -0.389 e. The Morgan fingerprint density at radius 2 is 2.17 bits per heavy atom. The van der Waals surface area contributed by atoms with E-state index in [2.05, 4.69) is 5.32 Å². The van der Waals surface area contributed by atoms with Gasteiger partial charge >= 0.3 is 0 Å². The van der Waals surface area contributed by atoms with Gasteiger partial charge in [0, 0.05) is 17.1 Å². The molecule has 18 heavy (non-hydrogen) atoms. The largest absolute Gasteiger partial charge is 0.389 e. The van der Waals surface area contributed by atoms with Gasteiger partial charge in [-0.25, -0.2) is 4.39 Å². The van der Waals surface area contributed by atoms with Crippen LogP contribution in [-0.4, -0.2) is 4.99 Å². The lowest BCUT2D eigenvalue weighted by atomic mass is 10.1. The summed E-state index contributed by atoms with van der Waals surface area (Å²) in [5, 5.41) is 3.11. The fourth-order valence-corrected chi connectivity index (χ4v) is 2.79. The van der Waals surface area contributed by atoms with Crippen LogP contribution in [0, 0.1) is 5.82 Å². The molecule has 0 aliphatic rings. The number of thiocarbonyl (C=S) groups is 1. The summed E-state index contributed by atoms with van der Waals surface area (Å²) in [7, 11) is 0. The monoisotopic (exact) mass is 300 g/mol. The topological polar surface area (TPSA) is 38.0 Å². The first-order valence-electron chi connectivity index (χ1n) is 5.14. The highest BCUT2D eigenvalue weighted by Gasteiger charge is 2.10. The molecular weight excluding hydrogens is 291 g/mol. The quantitative estimate of drug-likeness (QED) is 0.844. The number of nitrogens with one attached hydrogen (secondary N) is 1. The Morgan fingerprint density at radius 3 is 2.78 bits per heavy atom. The SMILES string of the molecule is NC(=S)c1c(F)cccc1NCc1ccc(Cl)s1. The molecule has 0 aliphatic carbocycles. The lowest BCUT2D eigenvalue weighted by Gasteiger charge is -2.11. The van der Waals surface area contributed by atoms with Gasteiger partial charge in [-0.3, -0.25) is 0 Å². The molecule has 0 fully saturated rings. The number of rotatable bonds is 4. The van der Waals surface area contributed by atoms with Crippen molar-refractivity contribution in [2.24, 2.45) is 5.73 Å². The van der Waals surface area contributed by atoms with E-state index in [4.69, 9.17) is 29.6 Å². The van der Waals surface area contributed by atoms with Crippen molar-refractivity contribution in [1.29, 1.82) is 0 Å². The van der Waals surface area contributed by atoms with E-state index in [1.807, 2.05) is 12.1 Å². The van der Waals surface area contributed by atoms with Gasteiger partial charge in [-0.15, -0.1) is 11.3 Å². The highest BCUT2D eigenvalue weighted by molar-refractivity contribution is 7.80. The molecule has 2 rings (SSSR count). The second-order valence-corrected chi connectivity index (χ2v) is 5.83. The zero-order valence-corrected chi connectivity index (χ0v) is 11.6. The summed E-state index contributed by atoms with van der Waals surface area (Å²) in [5.74, 6) is -0.420. The molecular formula is C12H10ClFN2S2. The van der Waals surface area contributed by atoms with E-state index >= 15 is 0 Å². The van der Waals surface area contributed by atoms with Crippen LogP contribution in [0.25, 0.3) is 0 Å². The number of anilines is 1. The van der Waals surface area contributed by atoms with E-state index in [1.54, 1.807) is 12.1 Å². The number of halogens is 2. The standard InChI is InChI=1S/C12H10ClFN2S2/c13-10-5-4-7(18-10)6-16-9-3-1-2-8(14)11(9)12(15)17/h1-5,16H,6H2,(H2,15,17). The molecule has 0 spiro atoms. The molecule has 3 N–H and O–H groups in total. The Balaban J connectivity index is 2.19. The maximum Gasteiger partial charge on any atom is 0.135 e. The summed E-state index contributed by atoms with van der Waals surface area (Å²) < 4.78 is 14.3. The first-order chi connectivity index (χ1) is 8.58. The van der Waals surface area contributed by atoms with Crippen LogP contribution in [0.1, 0.15) is 10.4 Å². The van der Waals surface area contributed by atoms with E-state index in [-0.39, 0.29) is 10.6 Å². The van der Waals surface area contributed by atoms with E-state index in [1.165, 1.54) is 17.4 Å². The fraction of sp³-hybridized carbons (Fsp3) is 0.0833. The van der Waals surface area contributed by atoms with Gasteiger partial charge in [0.05, 0.1) is 9.90 Å². The Morgan fingerprint density at radius 1 is 1.39 bits per heavy atom. The molecule has 0 aliphatic heterocycles. The Bertz CT molecular complexity index is 583. The zero-order valence-electron chi connectivity index (χ0n) is 9.24. The molecule has 2 aromatic rings. The molecule has 94 valence electrons. The summed E-state index contributed by atoms with van der Waals surface area (Å²) >= 11 is 12.2. The van der Waals surface area contributed by atoms with Crippen LogP contribution < -0.4 is 11.1 Å².